The van der Waals surface area contributed by atoms with Crippen LogP contribution in [0.1, 0.15) is 0 Å². The Bertz CT molecular complexity index is 1210. The summed E-state index contributed by atoms with van der Waals surface area (Å²) in [5.74, 6) is -2.38. The average molecular weight is 415 g/mol. The molecular formula is C13H11F2N7O3S2. The molecule has 0 saturated carbocycles. The van der Waals surface area contributed by atoms with E-state index in [0.29, 0.717) is 5.65 Å². The normalized spacial score (nSPS) is 11.4. The molecule has 2 amide bonds. The molecule has 27 heavy (non-hydrogen) atoms. The number of nitrogens with one attached hydrogen (secondary N) is 5. The van der Waals surface area contributed by atoms with Gasteiger partial charge in [-0.15, -0.1) is 0 Å². The highest BCUT2D eigenvalue weighted by Gasteiger charge is 2.19. The summed E-state index contributed by atoms with van der Waals surface area (Å²) in [6, 6.07) is 0.672. The van der Waals surface area contributed by atoms with Crippen molar-refractivity contribution in [1.29, 1.82) is 0 Å². The third-order valence-corrected chi connectivity index (χ3v) is 3.97. The van der Waals surface area contributed by atoms with Gasteiger partial charge in [-0.2, -0.15) is 0 Å². The number of aromatic amines is 2. The van der Waals surface area contributed by atoms with Gasteiger partial charge in [-0.25, -0.2) is 32.0 Å². The standard InChI is InChI=1S/C13H11F2N7O3S2/c1-27(24,25)22-6-3-2-5(14)8(7(6)15)18-12(23)20-10-9-11(17-4-16-10)21-13(26)19-9/h2-4,22H,1H3,(H4,16,17,18,19,20,21,23,26). The molecule has 3 rings (SSSR count). The molecule has 2 aromatic heterocycles. The zero-order chi connectivity index (χ0) is 19.8. The van der Waals surface area contributed by atoms with Gasteiger partial charge in [-0.3, -0.25) is 10.0 Å². The minimum atomic E-state index is -3.80. The van der Waals surface area contributed by atoms with Crippen LogP contribution in [0.5, 0.6) is 0 Å². The highest BCUT2D eigenvalue weighted by atomic mass is 32.2. The van der Waals surface area contributed by atoms with Crippen LogP contribution in [0.15, 0.2) is 18.5 Å². The number of urea groups is 1. The number of amides is 2. The van der Waals surface area contributed by atoms with E-state index in [1.54, 1.807) is 0 Å². The predicted octanol–water partition coefficient (Wildman–Crippen LogP) is 2.31. The summed E-state index contributed by atoms with van der Waals surface area (Å²) < 4.78 is 52.9. The number of aromatic nitrogens is 4. The molecule has 0 aliphatic carbocycles. The molecule has 0 bridgehead atoms. The molecule has 0 unspecified atom stereocenters. The lowest BCUT2D eigenvalue weighted by Gasteiger charge is -2.12. The van der Waals surface area contributed by atoms with Crippen molar-refractivity contribution in [2.75, 3.05) is 21.6 Å². The fourth-order valence-electron chi connectivity index (χ4n) is 2.14. The average Bonchev–Trinajstić information content (AvgIpc) is 2.94. The van der Waals surface area contributed by atoms with Gasteiger partial charge in [-0.1, -0.05) is 0 Å². The molecule has 0 atom stereocenters. The van der Waals surface area contributed by atoms with Gasteiger partial charge in [0.15, 0.2) is 22.1 Å². The van der Waals surface area contributed by atoms with E-state index in [1.165, 1.54) is 0 Å². The maximum atomic E-state index is 14.4. The quantitative estimate of drug-likeness (QED) is 0.414. The van der Waals surface area contributed by atoms with Gasteiger partial charge >= 0.3 is 6.03 Å². The van der Waals surface area contributed by atoms with Crippen LogP contribution in [0, 0.1) is 16.4 Å². The van der Waals surface area contributed by atoms with Crippen molar-refractivity contribution < 1.29 is 22.0 Å². The van der Waals surface area contributed by atoms with Gasteiger partial charge in [0, 0.05) is 0 Å². The Morgan fingerprint density at radius 3 is 2.63 bits per heavy atom. The number of carbonyl (C=O) groups excluding carboxylic acids is 1. The van der Waals surface area contributed by atoms with Gasteiger partial charge in [-0.05, 0) is 24.4 Å². The Morgan fingerprint density at radius 1 is 1.19 bits per heavy atom. The summed E-state index contributed by atoms with van der Waals surface area (Å²) >= 11 is 4.92. The highest BCUT2D eigenvalue weighted by molar-refractivity contribution is 7.92. The number of sulfonamides is 1. The number of nitrogens with zero attached hydrogens (tertiary/aromatic N) is 2. The molecule has 3 aromatic rings. The van der Waals surface area contributed by atoms with Crippen molar-refractivity contribution in [3.05, 3.63) is 34.9 Å². The zero-order valence-corrected chi connectivity index (χ0v) is 15.1. The lowest BCUT2D eigenvalue weighted by molar-refractivity contribution is 0.262. The van der Waals surface area contributed by atoms with Gasteiger partial charge < -0.3 is 15.3 Å². The second kappa shape index (κ2) is 6.88. The molecule has 5 N–H and O–H groups in total. The highest BCUT2D eigenvalue weighted by Crippen LogP contribution is 2.26. The Balaban J connectivity index is 1.87. The van der Waals surface area contributed by atoms with Gasteiger partial charge in [0.2, 0.25) is 10.0 Å². The predicted molar refractivity (Wildman–Crippen MR) is 96.5 cm³/mol. The number of hydrogen-bond donors (Lipinski definition) is 5. The fraction of sp³-hybridized carbons (Fsp3) is 0.0769. The Labute approximate surface area is 155 Å². The van der Waals surface area contributed by atoms with Crippen LogP contribution < -0.4 is 15.4 Å². The molecule has 142 valence electrons. The van der Waals surface area contributed by atoms with Crippen molar-refractivity contribution >= 4 is 56.6 Å². The van der Waals surface area contributed by atoms with Crippen LogP contribution in [-0.4, -0.2) is 40.6 Å². The first-order valence-electron chi connectivity index (χ1n) is 7.11. The number of halogens is 2. The van der Waals surface area contributed by atoms with Crippen molar-refractivity contribution in [3.8, 4) is 0 Å². The molecule has 1 aromatic carbocycles. The SMILES string of the molecule is CS(=O)(=O)Nc1ccc(F)c(NC(=O)Nc2ncnc3[nH]c(=S)[nH]c23)c1F. The van der Waals surface area contributed by atoms with E-state index in [4.69, 9.17) is 12.2 Å². The maximum Gasteiger partial charge on any atom is 0.325 e. The number of rotatable bonds is 4. The third-order valence-electron chi connectivity index (χ3n) is 3.17. The third kappa shape index (κ3) is 4.17. The summed E-state index contributed by atoms with van der Waals surface area (Å²) in [6.07, 6.45) is 1.95. The molecule has 10 nitrogen and oxygen atoms in total. The fourth-order valence-corrected chi connectivity index (χ4v) is 2.90. The molecule has 2 heterocycles. The molecule has 14 heteroatoms. The van der Waals surface area contributed by atoms with E-state index in [2.05, 4.69) is 25.3 Å². The van der Waals surface area contributed by atoms with E-state index in [1.807, 2.05) is 10.0 Å². The molecule has 0 fully saturated rings. The number of imidazole rings is 1. The zero-order valence-electron chi connectivity index (χ0n) is 13.4. The number of hydrogen-bond acceptors (Lipinski definition) is 6. The summed E-state index contributed by atoms with van der Waals surface area (Å²) in [4.78, 5) is 25.3. The second-order valence-electron chi connectivity index (χ2n) is 5.26. The topological polar surface area (TPSA) is 145 Å². The van der Waals surface area contributed by atoms with Crippen LogP contribution >= 0.6 is 12.2 Å². The maximum absolute atomic E-state index is 14.4. The number of anilines is 3. The number of H-pyrrole nitrogens is 2. The second-order valence-corrected chi connectivity index (χ2v) is 7.42. The monoisotopic (exact) mass is 415 g/mol. The van der Waals surface area contributed by atoms with Crippen LogP contribution in [0.25, 0.3) is 11.2 Å². The smallest absolute Gasteiger partial charge is 0.325 e. The molecule has 0 aliphatic rings. The van der Waals surface area contributed by atoms with Crippen LogP contribution in [0.4, 0.5) is 30.8 Å². The molecule has 0 aliphatic heterocycles. The molecule has 0 radical (unpaired) electrons. The van der Waals surface area contributed by atoms with Gasteiger partial charge in [0.25, 0.3) is 0 Å². The first kappa shape index (κ1) is 18.7. The summed E-state index contributed by atoms with van der Waals surface area (Å²) in [5, 5.41) is 4.28. The first-order chi connectivity index (χ1) is 12.6. The van der Waals surface area contributed by atoms with Crippen molar-refractivity contribution in [1.82, 2.24) is 19.9 Å². The lowest BCUT2D eigenvalue weighted by atomic mass is 10.2. The number of fused-ring (bicyclic) bond motifs is 1. The summed E-state index contributed by atoms with van der Waals surface area (Å²) in [6.45, 7) is 0. The van der Waals surface area contributed by atoms with Crippen molar-refractivity contribution in [2.45, 2.75) is 0 Å². The molecule has 0 saturated heterocycles. The number of carbonyl (C=O) groups is 1. The number of benzene rings is 1. The minimum Gasteiger partial charge on any atom is -0.326 e. The van der Waals surface area contributed by atoms with E-state index >= 15 is 0 Å². The van der Waals surface area contributed by atoms with Crippen molar-refractivity contribution in [2.24, 2.45) is 0 Å². The van der Waals surface area contributed by atoms with E-state index in [0.717, 1.165) is 24.7 Å². The summed E-state index contributed by atoms with van der Waals surface area (Å²) in [7, 11) is -3.80. The van der Waals surface area contributed by atoms with Gasteiger partial charge in [0.05, 0.1) is 11.9 Å². The Hall–Kier alpha value is -3.13. The summed E-state index contributed by atoms with van der Waals surface area (Å²) in [5.41, 5.74) is -0.755. The Morgan fingerprint density at radius 2 is 1.93 bits per heavy atom. The van der Waals surface area contributed by atoms with E-state index in [9.17, 15) is 22.0 Å². The van der Waals surface area contributed by atoms with E-state index < -0.39 is 39.1 Å². The van der Waals surface area contributed by atoms with Crippen LogP contribution in [-0.2, 0) is 10.0 Å². The van der Waals surface area contributed by atoms with Crippen molar-refractivity contribution in [3.63, 3.8) is 0 Å². The largest absolute Gasteiger partial charge is 0.326 e. The lowest BCUT2D eigenvalue weighted by Crippen LogP contribution is -2.22. The van der Waals surface area contributed by atoms with Gasteiger partial charge in [0.1, 0.15) is 23.3 Å². The molecular weight excluding hydrogens is 404 g/mol. The first-order valence-corrected chi connectivity index (χ1v) is 9.41. The Kier molecular flexibility index (Phi) is 4.75. The van der Waals surface area contributed by atoms with Crippen LogP contribution in [0.3, 0.4) is 0 Å². The van der Waals surface area contributed by atoms with Crippen LogP contribution in [0.2, 0.25) is 0 Å². The minimum absolute atomic E-state index is 0.0103. The molecule has 0 spiro atoms. The van der Waals surface area contributed by atoms with E-state index in [-0.39, 0.29) is 16.1 Å².